The Morgan fingerprint density at radius 2 is 2.50 bits per heavy atom. The van der Waals surface area contributed by atoms with E-state index in [-0.39, 0.29) is 0 Å². The Morgan fingerprint density at radius 3 is 3.22 bits per heavy atom. The molecule has 1 aliphatic heterocycles. The van der Waals surface area contributed by atoms with Gasteiger partial charge in [-0.25, -0.2) is 0 Å². The molecule has 2 N–H and O–H groups in total. The van der Waals surface area contributed by atoms with E-state index >= 15 is 0 Å². The van der Waals surface area contributed by atoms with Gasteiger partial charge in [0.2, 0.25) is 0 Å². The number of thiophene rings is 1. The summed E-state index contributed by atoms with van der Waals surface area (Å²) in [6.07, 6.45) is 3.19. The van der Waals surface area contributed by atoms with Gasteiger partial charge in [-0.3, -0.25) is 10.00 Å². The van der Waals surface area contributed by atoms with Crippen molar-refractivity contribution in [1.29, 1.82) is 0 Å². The predicted molar refractivity (Wildman–Crippen MR) is 74.6 cm³/mol. The third-order valence-electron chi connectivity index (χ3n) is 3.61. The fourth-order valence-corrected chi connectivity index (χ4v) is 3.15. The van der Waals surface area contributed by atoms with Crippen molar-refractivity contribution >= 4 is 11.3 Å². The summed E-state index contributed by atoms with van der Waals surface area (Å²) in [6, 6.07) is 2.79. The standard InChI is InChI=1S/C13H18N4S/c1-17(12-2-4-14-7-12)8-11-6-15-16-13(11)10-3-5-18-9-10/h3,5-6,9,12,14H,2,4,7-8H2,1H3,(H,15,16). The third kappa shape index (κ3) is 2.34. The Morgan fingerprint density at radius 1 is 1.56 bits per heavy atom. The summed E-state index contributed by atoms with van der Waals surface area (Å²) in [7, 11) is 2.20. The van der Waals surface area contributed by atoms with Crippen molar-refractivity contribution in [2.24, 2.45) is 0 Å². The van der Waals surface area contributed by atoms with E-state index < -0.39 is 0 Å². The quantitative estimate of drug-likeness (QED) is 0.885. The van der Waals surface area contributed by atoms with Gasteiger partial charge in [-0.05, 0) is 31.5 Å². The number of aromatic nitrogens is 2. The molecule has 1 unspecified atom stereocenters. The minimum Gasteiger partial charge on any atom is -0.315 e. The van der Waals surface area contributed by atoms with Crippen LogP contribution in [0.3, 0.4) is 0 Å². The number of rotatable bonds is 4. The molecule has 3 heterocycles. The topological polar surface area (TPSA) is 44.0 Å². The zero-order valence-electron chi connectivity index (χ0n) is 10.5. The lowest BCUT2D eigenvalue weighted by Crippen LogP contribution is -2.32. The number of hydrogen-bond donors (Lipinski definition) is 2. The van der Waals surface area contributed by atoms with E-state index in [4.69, 9.17) is 0 Å². The van der Waals surface area contributed by atoms with Crippen LogP contribution in [0.1, 0.15) is 12.0 Å². The molecule has 0 aliphatic carbocycles. The number of hydrogen-bond acceptors (Lipinski definition) is 4. The molecule has 3 rings (SSSR count). The van der Waals surface area contributed by atoms with Gasteiger partial charge in [-0.2, -0.15) is 16.4 Å². The van der Waals surface area contributed by atoms with E-state index in [9.17, 15) is 0 Å². The first-order chi connectivity index (χ1) is 8.84. The first-order valence-electron chi connectivity index (χ1n) is 6.30. The summed E-state index contributed by atoms with van der Waals surface area (Å²) in [5.74, 6) is 0. The second-order valence-corrected chi connectivity index (χ2v) is 5.62. The van der Waals surface area contributed by atoms with Crippen molar-refractivity contribution in [3.63, 3.8) is 0 Å². The lowest BCUT2D eigenvalue weighted by Gasteiger charge is -2.23. The smallest absolute Gasteiger partial charge is 0.0703 e. The molecular formula is C13H18N4S. The summed E-state index contributed by atoms with van der Waals surface area (Å²) in [5, 5.41) is 15.0. The lowest BCUT2D eigenvalue weighted by atomic mass is 10.1. The van der Waals surface area contributed by atoms with Gasteiger partial charge in [-0.1, -0.05) is 0 Å². The number of aromatic amines is 1. The first-order valence-corrected chi connectivity index (χ1v) is 7.24. The number of nitrogens with one attached hydrogen (secondary N) is 2. The van der Waals surface area contributed by atoms with Gasteiger partial charge in [0.15, 0.2) is 0 Å². The highest BCUT2D eigenvalue weighted by molar-refractivity contribution is 7.08. The SMILES string of the molecule is CN(Cc1cn[nH]c1-c1ccsc1)C1CCNC1. The van der Waals surface area contributed by atoms with E-state index in [2.05, 4.69) is 44.3 Å². The van der Waals surface area contributed by atoms with Crippen LogP contribution in [0.4, 0.5) is 0 Å². The van der Waals surface area contributed by atoms with Gasteiger partial charge in [0.1, 0.15) is 0 Å². The van der Waals surface area contributed by atoms with Crippen LogP contribution in [0.15, 0.2) is 23.0 Å². The van der Waals surface area contributed by atoms with Crippen molar-refractivity contribution in [2.75, 3.05) is 20.1 Å². The normalized spacial score (nSPS) is 19.8. The van der Waals surface area contributed by atoms with Gasteiger partial charge < -0.3 is 5.32 Å². The van der Waals surface area contributed by atoms with Crippen molar-refractivity contribution in [1.82, 2.24) is 20.4 Å². The maximum absolute atomic E-state index is 4.20. The first kappa shape index (κ1) is 11.9. The second-order valence-electron chi connectivity index (χ2n) is 4.84. The highest BCUT2D eigenvalue weighted by atomic mass is 32.1. The average Bonchev–Trinajstić information content (AvgIpc) is 3.11. The van der Waals surface area contributed by atoms with Crippen LogP contribution >= 0.6 is 11.3 Å². The lowest BCUT2D eigenvalue weighted by molar-refractivity contribution is 0.249. The van der Waals surface area contributed by atoms with Crippen LogP contribution in [0.2, 0.25) is 0 Å². The third-order valence-corrected chi connectivity index (χ3v) is 4.29. The summed E-state index contributed by atoms with van der Waals surface area (Å²) >= 11 is 1.72. The van der Waals surface area contributed by atoms with Crippen LogP contribution in [0.5, 0.6) is 0 Å². The van der Waals surface area contributed by atoms with Crippen LogP contribution < -0.4 is 5.32 Å². The fourth-order valence-electron chi connectivity index (χ4n) is 2.50. The molecule has 1 atom stereocenters. The molecule has 4 nitrogen and oxygen atoms in total. The zero-order valence-corrected chi connectivity index (χ0v) is 11.3. The van der Waals surface area contributed by atoms with Gasteiger partial charge in [0.05, 0.1) is 11.9 Å². The molecule has 1 saturated heterocycles. The van der Waals surface area contributed by atoms with Crippen LogP contribution in [0.25, 0.3) is 11.3 Å². The highest BCUT2D eigenvalue weighted by Gasteiger charge is 2.20. The highest BCUT2D eigenvalue weighted by Crippen LogP contribution is 2.24. The zero-order chi connectivity index (χ0) is 12.4. The number of H-pyrrole nitrogens is 1. The monoisotopic (exact) mass is 262 g/mol. The molecule has 0 spiro atoms. The minimum atomic E-state index is 0.648. The van der Waals surface area contributed by atoms with Crippen LogP contribution in [-0.2, 0) is 6.54 Å². The summed E-state index contributed by atoms with van der Waals surface area (Å²) in [6.45, 7) is 3.19. The molecule has 0 aromatic carbocycles. The number of likely N-dealkylation sites (N-methyl/N-ethyl adjacent to an activating group) is 1. The van der Waals surface area contributed by atoms with Gasteiger partial charge in [0.25, 0.3) is 0 Å². The van der Waals surface area contributed by atoms with Crippen LogP contribution in [0, 0.1) is 0 Å². The van der Waals surface area contributed by atoms with E-state index in [0.29, 0.717) is 6.04 Å². The van der Waals surface area contributed by atoms with Crippen molar-refractivity contribution in [3.8, 4) is 11.3 Å². The van der Waals surface area contributed by atoms with Crippen molar-refractivity contribution in [3.05, 3.63) is 28.6 Å². The second kappa shape index (κ2) is 5.22. The molecule has 0 saturated carbocycles. The average molecular weight is 262 g/mol. The van der Waals surface area contributed by atoms with Gasteiger partial charge >= 0.3 is 0 Å². The maximum Gasteiger partial charge on any atom is 0.0703 e. The largest absolute Gasteiger partial charge is 0.315 e. The van der Waals surface area contributed by atoms with Crippen LogP contribution in [-0.4, -0.2) is 41.3 Å². The Kier molecular flexibility index (Phi) is 3.45. The molecule has 2 aromatic rings. The molecule has 5 heteroatoms. The predicted octanol–water partition coefficient (Wildman–Crippen LogP) is 1.93. The molecule has 0 bridgehead atoms. The Balaban J connectivity index is 1.75. The minimum absolute atomic E-state index is 0.648. The maximum atomic E-state index is 4.20. The van der Waals surface area contributed by atoms with E-state index in [0.717, 1.165) is 25.3 Å². The fraction of sp³-hybridized carbons (Fsp3) is 0.462. The Hall–Kier alpha value is -1.17. The Bertz CT molecular complexity index is 485. The summed E-state index contributed by atoms with van der Waals surface area (Å²) in [4.78, 5) is 2.42. The molecule has 1 fully saturated rings. The molecular weight excluding hydrogens is 244 g/mol. The van der Waals surface area contributed by atoms with E-state index in [1.807, 2.05) is 6.20 Å². The summed E-state index contributed by atoms with van der Waals surface area (Å²) < 4.78 is 0. The van der Waals surface area contributed by atoms with Gasteiger partial charge in [0, 0.05) is 35.6 Å². The Labute approximate surface area is 111 Å². The summed E-state index contributed by atoms with van der Waals surface area (Å²) in [5.41, 5.74) is 3.68. The molecule has 18 heavy (non-hydrogen) atoms. The number of nitrogens with zero attached hydrogens (tertiary/aromatic N) is 2. The molecule has 0 radical (unpaired) electrons. The molecule has 1 aliphatic rings. The van der Waals surface area contributed by atoms with E-state index in [1.165, 1.54) is 17.5 Å². The van der Waals surface area contributed by atoms with Crippen molar-refractivity contribution < 1.29 is 0 Å². The molecule has 0 amide bonds. The van der Waals surface area contributed by atoms with Gasteiger partial charge in [-0.15, -0.1) is 0 Å². The van der Waals surface area contributed by atoms with Crippen molar-refractivity contribution in [2.45, 2.75) is 19.0 Å². The van der Waals surface area contributed by atoms with E-state index in [1.54, 1.807) is 11.3 Å². The molecule has 2 aromatic heterocycles. The molecule has 96 valence electrons.